The third-order valence-corrected chi connectivity index (χ3v) is 2.46. The number of aromatic nitrogens is 2. The highest BCUT2D eigenvalue weighted by atomic mass is 16.1. The monoisotopic (exact) mass is 241 g/mol. The van der Waals surface area contributed by atoms with Gasteiger partial charge in [-0.05, 0) is 24.3 Å². The van der Waals surface area contributed by atoms with Crippen molar-refractivity contribution in [2.75, 3.05) is 11.1 Å². The number of nitrogens with two attached hydrogens (primary N) is 1. The van der Waals surface area contributed by atoms with Gasteiger partial charge in [-0.3, -0.25) is 9.48 Å². The summed E-state index contributed by atoms with van der Waals surface area (Å²) in [6, 6.07) is 8.49. The summed E-state index contributed by atoms with van der Waals surface area (Å²) in [4.78, 5) is 11.9. The molecule has 18 heavy (non-hydrogen) atoms. The Bertz CT molecular complexity index is 621. The van der Waals surface area contributed by atoms with Crippen LogP contribution in [-0.4, -0.2) is 15.7 Å². The molecule has 0 radical (unpaired) electrons. The minimum Gasteiger partial charge on any atom is -0.399 e. The van der Waals surface area contributed by atoms with Crippen molar-refractivity contribution >= 4 is 17.4 Å². The van der Waals surface area contributed by atoms with E-state index < -0.39 is 0 Å². The lowest BCUT2D eigenvalue weighted by Crippen LogP contribution is -2.15. The number of nitrogens with one attached hydrogen (secondary N) is 1. The van der Waals surface area contributed by atoms with E-state index in [0.29, 0.717) is 22.6 Å². The molecule has 0 bridgehead atoms. The molecule has 1 aromatic carbocycles. The number of carbonyl (C=O) groups excluding carboxylic acids is 1. The molecule has 6 nitrogen and oxygen atoms in total. The first-order chi connectivity index (χ1) is 8.61. The highest BCUT2D eigenvalue weighted by Crippen LogP contribution is 2.14. The summed E-state index contributed by atoms with van der Waals surface area (Å²) in [7, 11) is 1.65. The van der Waals surface area contributed by atoms with Gasteiger partial charge in [-0.25, -0.2) is 0 Å². The third kappa shape index (κ3) is 2.15. The molecule has 0 aliphatic rings. The van der Waals surface area contributed by atoms with E-state index in [1.165, 1.54) is 10.9 Å². The van der Waals surface area contributed by atoms with Gasteiger partial charge < -0.3 is 11.1 Å². The molecule has 0 saturated carbocycles. The zero-order valence-corrected chi connectivity index (χ0v) is 9.71. The lowest BCUT2D eigenvalue weighted by Gasteiger charge is -2.06. The maximum atomic E-state index is 11.9. The van der Waals surface area contributed by atoms with Crippen LogP contribution in [0.25, 0.3) is 0 Å². The Morgan fingerprint density at radius 2 is 2.11 bits per heavy atom. The van der Waals surface area contributed by atoms with Gasteiger partial charge in [0.2, 0.25) is 0 Å². The number of benzene rings is 1. The first kappa shape index (κ1) is 11.7. The minimum atomic E-state index is -0.310. The van der Waals surface area contributed by atoms with Gasteiger partial charge in [0.05, 0.1) is 6.20 Å². The molecule has 0 spiro atoms. The van der Waals surface area contributed by atoms with E-state index in [-0.39, 0.29) is 5.91 Å². The summed E-state index contributed by atoms with van der Waals surface area (Å²) in [6.45, 7) is 0. The number of carbonyl (C=O) groups is 1. The smallest absolute Gasteiger partial charge is 0.256 e. The van der Waals surface area contributed by atoms with Crippen LogP contribution < -0.4 is 11.1 Å². The van der Waals surface area contributed by atoms with Crippen molar-refractivity contribution in [2.24, 2.45) is 7.05 Å². The van der Waals surface area contributed by atoms with E-state index in [2.05, 4.69) is 10.4 Å². The Morgan fingerprint density at radius 3 is 2.72 bits per heavy atom. The Kier molecular flexibility index (Phi) is 2.98. The average Bonchev–Trinajstić information content (AvgIpc) is 2.71. The second-order valence-corrected chi connectivity index (χ2v) is 3.72. The van der Waals surface area contributed by atoms with Gasteiger partial charge in [-0.15, -0.1) is 0 Å². The van der Waals surface area contributed by atoms with Crippen LogP contribution >= 0.6 is 0 Å². The van der Waals surface area contributed by atoms with Gasteiger partial charge in [0.25, 0.3) is 5.91 Å². The van der Waals surface area contributed by atoms with Gasteiger partial charge in [0.15, 0.2) is 0 Å². The second-order valence-electron chi connectivity index (χ2n) is 3.72. The molecule has 1 heterocycles. The summed E-state index contributed by atoms with van der Waals surface area (Å²) >= 11 is 0. The molecular formula is C12H11N5O. The van der Waals surface area contributed by atoms with Crippen molar-refractivity contribution in [1.29, 1.82) is 5.26 Å². The van der Waals surface area contributed by atoms with Crippen molar-refractivity contribution < 1.29 is 4.79 Å². The van der Waals surface area contributed by atoms with E-state index in [1.807, 2.05) is 6.07 Å². The number of aryl methyl sites for hydroxylation is 1. The lowest BCUT2D eigenvalue weighted by atomic mass is 10.2. The van der Waals surface area contributed by atoms with Gasteiger partial charge in [0.1, 0.15) is 17.5 Å². The van der Waals surface area contributed by atoms with Crippen LogP contribution in [0.15, 0.2) is 30.5 Å². The number of nitriles is 1. The third-order valence-electron chi connectivity index (χ3n) is 2.46. The predicted octanol–water partition coefficient (Wildman–Crippen LogP) is 1.13. The van der Waals surface area contributed by atoms with Crippen molar-refractivity contribution in [2.45, 2.75) is 0 Å². The molecule has 2 aromatic rings. The van der Waals surface area contributed by atoms with Crippen molar-refractivity contribution in [1.82, 2.24) is 9.78 Å². The van der Waals surface area contributed by atoms with Crippen LogP contribution in [0.3, 0.4) is 0 Å². The maximum absolute atomic E-state index is 11.9. The largest absolute Gasteiger partial charge is 0.399 e. The van der Waals surface area contributed by atoms with E-state index >= 15 is 0 Å². The molecular weight excluding hydrogens is 230 g/mol. The van der Waals surface area contributed by atoms with Gasteiger partial charge >= 0.3 is 0 Å². The molecule has 0 saturated heterocycles. The zero-order valence-electron chi connectivity index (χ0n) is 9.71. The highest BCUT2D eigenvalue weighted by Gasteiger charge is 2.12. The van der Waals surface area contributed by atoms with Gasteiger partial charge in [0, 0.05) is 18.3 Å². The van der Waals surface area contributed by atoms with E-state index in [9.17, 15) is 4.79 Å². The normalized spacial score (nSPS) is 9.78. The molecule has 0 fully saturated rings. The van der Waals surface area contributed by atoms with E-state index in [1.54, 1.807) is 31.3 Å². The van der Waals surface area contributed by atoms with Gasteiger partial charge in [-0.1, -0.05) is 0 Å². The Balaban J connectivity index is 2.24. The molecule has 3 N–H and O–H groups in total. The van der Waals surface area contributed by atoms with Crippen LogP contribution in [0, 0.1) is 11.3 Å². The van der Waals surface area contributed by atoms with Crippen LogP contribution in [0.4, 0.5) is 11.5 Å². The van der Waals surface area contributed by atoms with Crippen molar-refractivity contribution in [3.8, 4) is 6.07 Å². The molecule has 6 heteroatoms. The predicted molar refractivity (Wildman–Crippen MR) is 66.7 cm³/mol. The molecule has 0 atom stereocenters. The second kappa shape index (κ2) is 4.59. The molecule has 0 aliphatic heterocycles. The molecule has 2 rings (SSSR count). The number of hydrogen-bond acceptors (Lipinski definition) is 4. The Labute approximate surface area is 104 Å². The first-order valence-electron chi connectivity index (χ1n) is 5.21. The number of anilines is 2. The fourth-order valence-electron chi connectivity index (χ4n) is 1.48. The quantitative estimate of drug-likeness (QED) is 0.770. The summed E-state index contributed by atoms with van der Waals surface area (Å²) in [6.07, 6.45) is 1.40. The Morgan fingerprint density at radius 1 is 1.44 bits per heavy atom. The topological polar surface area (TPSA) is 96.7 Å². The van der Waals surface area contributed by atoms with E-state index in [0.717, 1.165) is 0 Å². The Hall–Kier alpha value is -2.81. The van der Waals surface area contributed by atoms with Crippen molar-refractivity contribution in [3.05, 3.63) is 41.6 Å². The molecule has 0 unspecified atom stereocenters. The van der Waals surface area contributed by atoms with Crippen LogP contribution in [0.5, 0.6) is 0 Å². The average molecular weight is 241 g/mol. The van der Waals surface area contributed by atoms with Crippen LogP contribution in [-0.2, 0) is 7.05 Å². The maximum Gasteiger partial charge on any atom is 0.256 e. The van der Waals surface area contributed by atoms with Crippen LogP contribution in [0.1, 0.15) is 15.9 Å². The zero-order chi connectivity index (χ0) is 13.1. The summed E-state index contributed by atoms with van der Waals surface area (Å²) < 4.78 is 1.44. The fraction of sp³-hybridized carbons (Fsp3) is 0.0833. The van der Waals surface area contributed by atoms with Gasteiger partial charge in [-0.2, -0.15) is 10.4 Å². The lowest BCUT2D eigenvalue weighted by molar-refractivity contribution is 0.102. The summed E-state index contributed by atoms with van der Waals surface area (Å²) in [5, 5.41) is 15.4. The van der Waals surface area contributed by atoms with E-state index in [4.69, 9.17) is 11.0 Å². The number of nitrogen functional groups attached to an aromatic ring is 1. The molecule has 90 valence electrons. The summed E-state index contributed by atoms with van der Waals surface area (Å²) in [5.74, 6) is 0.0643. The standard InChI is InChI=1S/C12H11N5O/c1-17-11(9(6-13)7-15-17)16-12(18)8-2-4-10(14)5-3-8/h2-5,7H,14H2,1H3,(H,16,18). The summed E-state index contributed by atoms with van der Waals surface area (Å²) in [5.41, 5.74) is 6.92. The van der Waals surface area contributed by atoms with Crippen LogP contribution in [0.2, 0.25) is 0 Å². The minimum absolute atomic E-state index is 0.310. The molecule has 1 aromatic heterocycles. The number of hydrogen-bond donors (Lipinski definition) is 2. The fourth-order valence-corrected chi connectivity index (χ4v) is 1.48. The number of amides is 1. The SMILES string of the molecule is Cn1ncc(C#N)c1NC(=O)c1ccc(N)cc1. The first-order valence-corrected chi connectivity index (χ1v) is 5.21. The number of nitrogens with zero attached hydrogens (tertiary/aromatic N) is 3. The molecule has 1 amide bonds. The molecule has 0 aliphatic carbocycles. The van der Waals surface area contributed by atoms with Crippen molar-refractivity contribution in [3.63, 3.8) is 0 Å². The number of rotatable bonds is 2. The highest BCUT2D eigenvalue weighted by molar-refractivity contribution is 6.04.